The molecule has 1 saturated heterocycles. The highest BCUT2D eigenvalue weighted by atomic mass is 35.5. The maximum Gasteiger partial charge on any atom is 0.267 e. The molecule has 3 N–H and O–H groups in total. The number of rotatable bonds is 3. The van der Waals surface area contributed by atoms with Crippen molar-refractivity contribution >= 4 is 17.5 Å². The zero-order chi connectivity index (χ0) is 12.4. The van der Waals surface area contributed by atoms with Gasteiger partial charge in [-0.3, -0.25) is 4.79 Å². The summed E-state index contributed by atoms with van der Waals surface area (Å²) >= 11 is 5.81. The number of nitrogens with zero attached hydrogens (tertiary/aromatic N) is 1. The summed E-state index contributed by atoms with van der Waals surface area (Å²) in [7, 11) is 1.77. The van der Waals surface area contributed by atoms with Gasteiger partial charge in [-0.2, -0.15) is 0 Å². The minimum atomic E-state index is -0.382. The molecule has 2 unspecified atom stereocenters. The Hall–Kier alpha value is -1.04. The zero-order valence-electron chi connectivity index (χ0n) is 9.61. The highest BCUT2D eigenvalue weighted by Gasteiger charge is 2.25. The number of aliphatic hydroxyl groups is 1. The molecule has 17 heavy (non-hydrogen) atoms. The summed E-state index contributed by atoms with van der Waals surface area (Å²) in [5.41, 5.74) is 0.524. The van der Waals surface area contributed by atoms with Gasteiger partial charge in [-0.15, -0.1) is 0 Å². The first kappa shape index (κ1) is 12.4. The Bertz CT molecular complexity index is 419. The molecule has 1 aromatic heterocycles. The van der Waals surface area contributed by atoms with E-state index in [4.69, 9.17) is 11.6 Å². The second-order valence-electron chi connectivity index (χ2n) is 4.35. The number of amides is 1. The van der Waals surface area contributed by atoms with E-state index in [0.29, 0.717) is 23.8 Å². The molecule has 1 aliphatic heterocycles. The molecule has 94 valence electrons. The van der Waals surface area contributed by atoms with Crippen LogP contribution in [0.1, 0.15) is 10.5 Å². The average molecular weight is 258 g/mol. The highest BCUT2D eigenvalue weighted by Crippen LogP contribution is 2.13. The molecule has 1 amide bonds. The predicted molar refractivity (Wildman–Crippen MR) is 65.1 cm³/mol. The Labute approximate surface area is 105 Å². The molecule has 0 radical (unpaired) electrons. The van der Waals surface area contributed by atoms with Crippen molar-refractivity contribution in [3.63, 3.8) is 0 Å². The fourth-order valence-corrected chi connectivity index (χ4v) is 2.24. The summed E-state index contributed by atoms with van der Waals surface area (Å²) < 4.78 is 1.68. The van der Waals surface area contributed by atoms with Gasteiger partial charge in [0.25, 0.3) is 5.91 Å². The first-order chi connectivity index (χ1) is 8.08. The van der Waals surface area contributed by atoms with Crippen molar-refractivity contribution in [3.8, 4) is 0 Å². The van der Waals surface area contributed by atoms with E-state index in [-0.39, 0.29) is 17.9 Å². The third-order valence-corrected chi connectivity index (χ3v) is 3.24. The van der Waals surface area contributed by atoms with Crippen molar-refractivity contribution < 1.29 is 9.90 Å². The standard InChI is InChI=1S/C11H16ClN3O2/c1-15-6-8(12)2-9(15)11(17)14-4-7-3-13-5-10(7)16/h2,6-7,10,13,16H,3-5H2,1H3,(H,14,17). The molecule has 2 atom stereocenters. The van der Waals surface area contributed by atoms with E-state index in [2.05, 4.69) is 10.6 Å². The molecule has 0 spiro atoms. The number of β-amino-alcohol motifs (C(OH)–C–C–N with tert-alkyl or cyclic N) is 1. The van der Waals surface area contributed by atoms with Crippen LogP contribution in [0.4, 0.5) is 0 Å². The normalized spacial score (nSPS) is 23.9. The van der Waals surface area contributed by atoms with E-state index >= 15 is 0 Å². The third kappa shape index (κ3) is 2.80. The number of carbonyl (C=O) groups excluding carboxylic acids is 1. The molecule has 2 rings (SSSR count). The van der Waals surface area contributed by atoms with Crippen molar-refractivity contribution in [2.75, 3.05) is 19.6 Å². The molecule has 2 heterocycles. The van der Waals surface area contributed by atoms with Gasteiger partial charge in [-0.1, -0.05) is 11.6 Å². The molecule has 0 aromatic carbocycles. The van der Waals surface area contributed by atoms with E-state index in [1.54, 1.807) is 23.9 Å². The van der Waals surface area contributed by atoms with Gasteiger partial charge in [-0.05, 0) is 6.07 Å². The molecular formula is C11H16ClN3O2. The number of aryl methyl sites for hydroxylation is 1. The summed E-state index contributed by atoms with van der Waals surface area (Å²) in [5.74, 6) is -0.0896. The maximum absolute atomic E-state index is 11.8. The van der Waals surface area contributed by atoms with Crippen molar-refractivity contribution in [3.05, 3.63) is 23.0 Å². The second-order valence-corrected chi connectivity index (χ2v) is 4.79. The Morgan fingerprint density at radius 1 is 1.71 bits per heavy atom. The van der Waals surface area contributed by atoms with E-state index < -0.39 is 0 Å². The molecular weight excluding hydrogens is 242 g/mol. The molecule has 1 aromatic rings. The van der Waals surface area contributed by atoms with Crippen LogP contribution in [0, 0.1) is 5.92 Å². The van der Waals surface area contributed by atoms with Crippen LogP contribution in [0.15, 0.2) is 12.3 Å². The number of hydrogen-bond donors (Lipinski definition) is 3. The Balaban J connectivity index is 1.91. The van der Waals surface area contributed by atoms with Crippen molar-refractivity contribution in [2.24, 2.45) is 13.0 Å². The fourth-order valence-electron chi connectivity index (χ4n) is 1.99. The van der Waals surface area contributed by atoms with Crippen LogP contribution in [0.3, 0.4) is 0 Å². The lowest BCUT2D eigenvalue weighted by atomic mass is 10.1. The molecule has 1 aliphatic rings. The fraction of sp³-hybridized carbons (Fsp3) is 0.545. The quantitative estimate of drug-likeness (QED) is 0.714. The maximum atomic E-state index is 11.8. The van der Waals surface area contributed by atoms with Crippen LogP contribution in [0.25, 0.3) is 0 Å². The molecule has 5 nitrogen and oxygen atoms in total. The largest absolute Gasteiger partial charge is 0.391 e. The van der Waals surface area contributed by atoms with Gasteiger partial charge in [0.15, 0.2) is 0 Å². The Morgan fingerprint density at radius 2 is 2.47 bits per heavy atom. The molecule has 0 saturated carbocycles. The van der Waals surface area contributed by atoms with Crippen molar-refractivity contribution in [1.29, 1.82) is 0 Å². The number of aliphatic hydroxyl groups excluding tert-OH is 1. The average Bonchev–Trinajstić information content (AvgIpc) is 2.81. The van der Waals surface area contributed by atoms with Crippen molar-refractivity contribution in [2.45, 2.75) is 6.10 Å². The molecule has 6 heteroatoms. The van der Waals surface area contributed by atoms with Gasteiger partial charge in [0, 0.05) is 38.8 Å². The first-order valence-corrected chi connectivity index (χ1v) is 5.94. The number of nitrogens with one attached hydrogen (secondary N) is 2. The van der Waals surface area contributed by atoms with Gasteiger partial charge in [0.1, 0.15) is 5.69 Å². The monoisotopic (exact) mass is 257 g/mol. The zero-order valence-corrected chi connectivity index (χ0v) is 10.4. The Kier molecular flexibility index (Phi) is 3.71. The lowest BCUT2D eigenvalue weighted by Gasteiger charge is -2.14. The van der Waals surface area contributed by atoms with Crippen LogP contribution in [0.5, 0.6) is 0 Å². The minimum absolute atomic E-state index is 0.0784. The van der Waals surface area contributed by atoms with Gasteiger partial charge in [-0.25, -0.2) is 0 Å². The van der Waals surface area contributed by atoms with Crippen LogP contribution in [-0.2, 0) is 7.05 Å². The summed E-state index contributed by atoms with van der Waals surface area (Å²) in [4.78, 5) is 11.8. The molecule has 0 aliphatic carbocycles. The first-order valence-electron chi connectivity index (χ1n) is 5.57. The topological polar surface area (TPSA) is 66.3 Å². The second kappa shape index (κ2) is 5.08. The van der Waals surface area contributed by atoms with Crippen LogP contribution in [-0.4, -0.2) is 41.3 Å². The van der Waals surface area contributed by atoms with E-state index in [1.807, 2.05) is 0 Å². The molecule has 1 fully saturated rings. The lowest BCUT2D eigenvalue weighted by molar-refractivity contribution is 0.0919. The van der Waals surface area contributed by atoms with Crippen LogP contribution >= 0.6 is 11.6 Å². The summed E-state index contributed by atoms with van der Waals surface area (Å²) in [5, 5.41) is 16.0. The van der Waals surface area contributed by atoms with E-state index in [9.17, 15) is 9.90 Å². The van der Waals surface area contributed by atoms with Crippen molar-refractivity contribution in [1.82, 2.24) is 15.2 Å². The van der Waals surface area contributed by atoms with Gasteiger partial charge < -0.3 is 20.3 Å². The lowest BCUT2D eigenvalue weighted by Crippen LogP contribution is -2.35. The SMILES string of the molecule is Cn1cc(Cl)cc1C(=O)NCC1CNCC1O. The summed E-state index contributed by atoms with van der Waals surface area (Å²) in [6.45, 7) is 1.79. The van der Waals surface area contributed by atoms with E-state index in [1.165, 1.54) is 0 Å². The number of hydrogen-bond acceptors (Lipinski definition) is 3. The van der Waals surface area contributed by atoms with Crippen LogP contribution < -0.4 is 10.6 Å². The van der Waals surface area contributed by atoms with Gasteiger partial charge in [0.2, 0.25) is 0 Å². The highest BCUT2D eigenvalue weighted by molar-refractivity contribution is 6.31. The van der Waals surface area contributed by atoms with Gasteiger partial charge in [0.05, 0.1) is 11.1 Å². The van der Waals surface area contributed by atoms with E-state index in [0.717, 1.165) is 6.54 Å². The smallest absolute Gasteiger partial charge is 0.267 e. The van der Waals surface area contributed by atoms with Gasteiger partial charge >= 0.3 is 0 Å². The minimum Gasteiger partial charge on any atom is -0.391 e. The Morgan fingerprint density at radius 3 is 3.00 bits per heavy atom. The third-order valence-electron chi connectivity index (χ3n) is 3.03. The predicted octanol–water partition coefficient (Wildman–Crippen LogP) is -0.0114. The number of carbonyl (C=O) groups is 1. The number of aromatic nitrogens is 1. The summed E-state index contributed by atoms with van der Waals surface area (Å²) in [6.07, 6.45) is 1.30. The van der Waals surface area contributed by atoms with Crippen LogP contribution in [0.2, 0.25) is 5.02 Å². The summed E-state index contributed by atoms with van der Waals surface area (Å²) in [6, 6.07) is 1.63. The molecule has 0 bridgehead atoms. The number of halogens is 1.